The number of hydrogen-bond acceptors (Lipinski definition) is 2. The molecular weight excluding hydrogens is 447 g/mol. The zero-order chi connectivity index (χ0) is 23.2. The average Bonchev–Trinajstić information content (AvgIpc) is 2.83. The first-order valence-corrected chi connectivity index (χ1v) is 13.0. The third-order valence-electron chi connectivity index (χ3n) is 6.33. The SMILES string of the molecule is CCCCCCCCC(/C=N/c1ccc(CC)c(CC)c1)=N\c1ccc(CC)c(CC)c1.[Ni]. The molecule has 0 radical (unpaired) electrons. The largest absolute Gasteiger partial charge is 0.255 e. The fraction of sp³-hybridized carbons (Fsp3) is 0.533. The van der Waals surface area contributed by atoms with E-state index in [1.54, 1.807) is 0 Å². The Hall–Kier alpha value is -1.73. The Kier molecular flexibility index (Phi) is 14.9. The van der Waals surface area contributed by atoms with Crippen molar-refractivity contribution >= 4 is 23.3 Å². The van der Waals surface area contributed by atoms with Crippen LogP contribution in [-0.2, 0) is 42.2 Å². The topological polar surface area (TPSA) is 24.7 Å². The molecule has 0 fully saturated rings. The molecule has 2 aromatic carbocycles. The number of unbranched alkanes of at least 4 members (excludes halogenated alkanes) is 5. The van der Waals surface area contributed by atoms with E-state index in [-0.39, 0.29) is 16.5 Å². The molecule has 0 aliphatic rings. The van der Waals surface area contributed by atoms with Crippen molar-refractivity contribution in [3.05, 3.63) is 58.7 Å². The maximum absolute atomic E-state index is 5.04. The molecule has 0 spiro atoms. The van der Waals surface area contributed by atoms with E-state index in [2.05, 4.69) is 71.0 Å². The van der Waals surface area contributed by atoms with Crippen LogP contribution in [0.2, 0.25) is 0 Å². The van der Waals surface area contributed by atoms with Crippen LogP contribution in [0.4, 0.5) is 11.4 Å². The van der Waals surface area contributed by atoms with Crippen molar-refractivity contribution in [3.63, 3.8) is 0 Å². The van der Waals surface area contributed by atoms with E-state index in [0.29, 0.717) is 0 Å². The summed E-state index contributed by atoms with van der Waals surface area (Å²) in [6.07, 6.45) is 15.0. The summed E-state index contributed by atoms with van der Waals surface area (Å²) in [6.45, 7) is 11.2. The standard InChI is InChI=1S/C30H44N2.Ni/c1-6-11-12-13-14-15-16-30(32-29-20-18-25(8-3)27(10-5)22-29)23-31-28-19-17-24(7-2)26(9-4)21-28;/h17-23H,6-16H2,1-5H3;/b31-23+,32-30+;. The predicted molar refractivity (Wildman–Crippen MR) is 144 cm³/mol. The molecule has 0 heterocycles. The third kappa shape index (κ3) is 9.97. The van der Waals surface area contributed by atoms with Crippen molar-refractivity contribution in [2.45, 2.75) is 105 Å². The molecule has 2 aromatic rings. The van der Waals surface area contributed by atoms with Crippen LogP contribution >= 0.6 is 0 Å². The first kappa shape index (κ1) is 29.3. The van der Waals surface area contributed by atoms with Gasteiger partial charge >= 0.3 is 0 Å². The van der Waals surface area contributed by atoms with Gasteiger partial charge in [-0.2, -0.15) is 0 Å². The van der Waals surface area contributed by atoms with Gasteiger partial charge in [0, 0.05) is 22.7 Å². The molecule has 0 aromatic heterocycles. The van der Waals surface area contributed by atoms with E-state index < -0.39 is 0 Å². The second-order valence-electron chi connectivity index (χ2n) is 8.70. The molecule has 184 valence electrons. The zero-order valence-corrected chi connectivity index (χ0v) is 22.5. The predicted octanol–water partition coefficient (Wildman–Crippen LogP) is 9.16. The van der Waals surface area contributed by atoms with Crippen LogP contribution in [0.3, 0.4) is 0 Å². The van der Waals surface area contributed by atoms with E-state index in [0.717, 1.165) is 49.2 Å². The summed E-state index contributed by atoms with van der Waals surface area (Å²) < 4.78 is 0. The number of benzene rings is 2. The third-order valence-corrected chi connectivity index (χ3v) is 6.33. The summed E-state index contributed by atoms with van der Waals surface area (Å²) in [7, 11) is 0. The van der Waals surface area contributed by atoms with E-state index in [4.69, 9.17) is 9.98 Å². The van der Waals surface area contributed by atoms with Gasteiger partial charge in [-0.3, -0.25) is 9.98 Å². The van der Waals surface area contributed by atoms with Crippen LogP contribution in [-0.4, -0.2) is 11.9 Å². The monoisotopic (exact) mass is 490 g/mol. The van der Waals surface area contributed by atoms with Gasteiger partial charge in [-0.25, -0.2) is 0 Å². The average molecular weight is 491 g/mol. The van der Waals surface area contributed by atoms with Gasteiger partial charge in [0.15, 0.2) is 0 Å². The van der Waals surface area contributed by atoms with Crippen molar-refractivity contribution < 1.29 is 16.5 Å². The van der Waals surface area contributed by atoms with Crippen LogP contribution in [0, 0.1) is 0 Å². The van der Waals surface area contributed by atoms with E-state index in [1.165, 1.54) is 60.8 Å². The molecule has 33 heavy (non-hydrogen) atoms. The molecule has 2 nitrogen and oxygen atoms in total. The minimum atomic E-state index is 0. The van der Waals surface area contributed by atoms with E-state index in [1.807, 2.05) is 6.21 Å². The molecule has 0 N–H and O–H groups in total. The van der Waals surface area contributed by atoms with Crippen molar-refractivity contribution in [2.24, 2.45) is 9.98 Å². The quantitative estimate of drug-likeness (QED) is 0.143. The van der Waals surface area contributed by atoms with Crippen LogP contribution in [0.1, 0.15) is 102 Å². The van der Waals surface area contributed by atoms with Gasteiger partial charge in [-0.1, -0.05) is 78.9 Å². The minimum absolute atomic E-state index is 0. The van der Waals surface area contributed by atoms with Crippen LogP contribution < -0.4 is 0 Å². The summed E-state index contributed by atoms with van der Waals surface area (Å²) in [4.78, 5) is 9.87. The van der Waals surface area contributed by atoms with E-state index in [9.17, 15) is 0 Å². The van der Waals surface area contributed by atoms with Gasteiger partial charge in [0.05, 0.1) is 17.1 Å². The Labute approximate surface area is 213 Å². The Bertz CT molecular complexity index is 883. The Morgan fingerprint density at radius 1 is 0.636 bits per heavy atom. The maximum Gasteiger partial charge on any atom is 0.0636 e. The van der Waals surface area contributed by atoms with Gasteiger partial charge in [0.1, 0.15) is 0 Å². The summed E-state index contributed by atoms with van der Waals surface area (Å²) in [5.74, 6) is 0. The molecule has 3 heteroatoms. The molecule has 0 aliphatic heterocycles. The second-order valence-corrected chi connectivity index (χ2v) is 8.70. The first-order chi connectivity index (χ1) is 15.6. The number of nitrogens with zero attached hydrogens (tertiary/aromatic N) is 2. The van der Waals surface area contributed by atoms with Crippen LogP contribution in [0.25, 0.3) is 0 Å². The molecule has 0 saturated heterocycles. The van der Waals surface area contributed by atoms with Crippen molar-refractivity contribution in [3.8, 4) is 0 Å². The minimum Gasteiger partial charge on any atom is -0.255 e. The maximum atomic E-state index is 5.04. The van der Waals surface area contributed by atoms with E-state index >= 15 is 0 Å². The van der Waals surface area contributed by atoms with Crippen molar-refractivity contribution in [1.29, 1.82) is 0 Å². The fourth-order valence-electron chi connectivity index (χ4n) is 4.27. The molecule has 0 saturated carbocycles. The molecule has 2 rings (SSSR count). The number of aliphatic imine (C=N–C) groups is 2. The van der Waals surface area contributed by atoms with Gasteiger partial charge in [0.2, 0.25) is 0 Å². The van der Waals surface area contributed by atoms with Crippen molar-refractivity contribution in [1.82, 2.24) is 0 Å². The molecule has 0 atom stereocenters. The van der Waals surface area contributed by atoms with Crippen LogP contribution in [0.5, 0.6) is 0 Å². The normalized spacial score (nSPS) is 11.7. The Balaban J connectivity index is 0.00000544. The summed E-state index contributed by atoms with van der Waals surface area (Å²) >= 11 is 0. The van der Waals surface area contributed by atoms with Crippen LogP contribution in [0.15, 0.2) is 46.4 Å². The van der Waals surface area contributed by atoms with Crippen molar-refractivity contribution in [2.75, 3.05) is 0 Å². The molecule has 0 unspecified atom stereocenters. The van der Waals surface area contributed by atoms with Gasteiger partial charge in [-0.05, 0) is 85.0 Å². The summed E-state index contributed by atoms with van der Waals surface area (Å²) in [6, 6.07) is 13.3. The van der Waals surface area contributed by atoms with Gasteiger partial charge in [0.25, 0.3) is 0 Å². The number of hydrogen-bond donors (Lipinski definition) is 0. The first-order valence-electron chi connectivity index (χ1n) is 13.0. The molecular formula is C30H44N2Ni. The Morgan fingerprint density at radius 2 is 1.15 bits per heavy atom. The zero-order valence-electron chi connectivity index (χ0n) is 21.5. The number of rotatable bonds is 14. The van der Waals surface area contributed by atoms with Gasteiger partial charge in [-0.15, -0.1) is 0 Å². The smallest absolute Gasteiger partial charge is 0.0636 e. The summed E-state index contributed by atoms with van der Waals surface area (Å²) in [5.41, 5.74) is 8.85. The second kappa shape index (κ2) is 16.8. The molecule has 0 bridgehead atoms. The summed E-state index contributed by atoms with van der Waals surface area (Å²) in [5, 5.41) is 0. The fourth-order valence-corrected chi connectivity index (χ4v) is 4.27. The number of aryl methyl sites for hydroxylation is 4. The Morgan fingerprint density at radius 3 is 1.73 bits per heavy atom. The van der Waals surface area contributed by atoms with Gasteiger partial charge < -0.3 is 0 Å². The molecule has 0 aliphatic carbocycles. The molecule has 0 amide bonds.